The van der Waals surface area contributed by atoms with Crippen molar-refractivity contribution in [2.24, 2.45) is 0 Å². The molecule has 0 bridgehead atoms. The smallest absolute Gasteiger partial charge is 0.340 e. The van der Waals surface area contributed by atoms with Gasteiger partial charge >= 0.3 is 5.97 Å². The van der Waals surface area contributed by atoms with E-state index in [1.165, 1.54) is 0 Å². The van der Waals surface area contributed by atoms with Crippen molar-refractivity contribution in [1.82, 2.24) is 14.6 Å². The second-order valence-electron chi connectivity index (χ2n) is 13.8. The molecule has 0 amide bonds. The van der Waals surface area contributed by atoms with Gasteiger partial charge in [0, 0.05) is 36.8 Å². The highest BCUT2D eigenvalue weighted by Crippen LogP contribution is 2.38. The van der Waals surface area contributed by atoms with Crippen LogP contribution in [0.2, 0.25) is 0 Å². The average Bonchev–Trinajstić information content (AvgIpc) is 3.42. The van der Waals surface area contributed by atoms with Crippen molar-refractivity contribution in [3.63, 3.8) is 0 Å². The van der Waals surface area contributed by atoms with Crippen molar-refractivity contribution in [2.45, 2.75) is 111 Å². The first-order valence-corrected chi connectivity index (χ1v) is 17.0. The van der Waals surface area contributed by atoms with Gasteiger partial charge in [0.05, 0.1) is 55.0 Å². The number of nitrogens with zero attached hydrogens (tertiary/aromatic N) is 4. The van der Waals surface area contributed by atoms with Crippen molar-refractivity contribution in [2.75, 3.05) is 31.2 Å². The number of carbonyl (C=O) groups excluding carboxylic acids is 1. The molecule has 0 N–H and O–H groups in total. The van der Waals surface area contributed by atoms with Crippen molar-refractivity contribution in [3.05, 3.63) is 77.7 Å². The van der Waals surface area contributed by atoms with E-state index in [1.807, 2.05) is 70.3 Å². The minimum atomic E-state index is -0.991. The van der Waals surface area contributed by atoms with Crippen LogP contribution in [0.1, 0.15) is 95.0 Å². The number of benzene rings is 1. The third kappa shape index (κ3) is 9.45. The van der Waals surface area contributed by atoms with E-state index in [4.69, 9.17) is 33.8 Å². The summed E-state index contributed by atoms with van der Waals surface area (Å²) in [6.07, 6.45) is 4.98. The van der Waals surface area contributed by atoms with Gasteiger partial charge < -0.3 is 28.6 Å². The summed E-state index contributed by atoms with van der Waals surface area (Å²) >= 11 is 0. The summed E-state index contributed by atoms with van der Waals surface area (Å²) in [6, 6.07) is 8.07. The Hall–Kier alpha value is -3.73. The van der Waals surface area contributed by atoms with E-state index < -0.39 is 17.7 Å². The van der Waals surface area contributed by atoms with Gasteiger partial charge in [0.25, 0.3) is 0 Å². The normalized spacial score (nSPS) is 16.0. The van der Waals surface area contributed by atoms with Crippen LogP contribution in [0.25, 0.3) is 5.65 Å². The van der Waals surface area contributed by atoms with Crippen LogP contribution in [0.5, 0.6) is 5.75 Å². The van der Waals surface area contributed by atoms with E-state index in [0.29, 0.717) is 43.2 Å². The van der Waals surface area contributed by atoms with Crippen LogP contribution in [0, 0.1) is 13.8 Å². The molecule has 0 saturated carbocycles. The van der Waals surface area contributed by atoms with E-state index in [9.17, 15) is 4.79 Å². The zero-order valence-electron chi connectivity index (χ0n) is 30.1. The Morgan fingerprint density at radius 2 is 1.83 bits per heavy atom. The van der Waals surface area contributed by atoms with E-state index in [2.05, 4.69) is 31.0 Å². The first-order valence-electron chi connectivity index (χ1n) is 17.0. The Kier molecular flexibility index (Phi) is 12.5. The van der Waals surface area contributed by atoms with Gasteiger partial charge in [-0.15, -0.1) is 13.2 Å². The fraction of sp³-hybridized carbons (Fsp3) is 0.553. The third-order valence-corrected chi connectivity index (χ3v) is 8.32. The summed E-state index contributed by atoms with van der Waals surface area (Å²) in [5.74, 6) is 1.12. The molecule has 262 valence electrons. The van der Waals surface area contributed by atoms with Crippen molar-refractivity contribution in [3.8, 4) is 5.75 Å². The van der Waals surface area contributed by atoms with Crippen molar-refractivity contribution < 1.29 is 28.5 Å². The quantitative estimate of drug-likeness (QED) is 0.115. The Morgan fingerprint density at radius 3 is 2.48 bits per heavy atom. The van der Waals surface area contributed by atoms with Gasteiger partial charge in [-0.05, 0) is 79.9 Å². The summed E-state index contributed by atoms with van der Waals surface area (Å²) in [4.78, 5) is 20.7. The first-order chi connectivity index (χ1) is 22.8. The fourth-order valence-corrected chi connectivity index (χ4v) is 5.89. The minimum absolute atomic E-state index is 0.00493. The molecule has 1 saturated heterocycles. The van der Waals surface area contributed by atoms with Crippen LogP contribution < -0.4 is 9.64 Å². The third-order valence-electron chi connectivity index (χ3n) is 8.32. The molecule has 0 radical (unpaired) electrons. The molecule has 2 aromatic heterocycles. The van der Waals surface area contributed by atoms with Gasteiger partial charge in [-0.1, -0.05) is 24.3 Å². The topological polar surface area (TPSA) is 96.7 Å². The van der Waals surface area contributed by atoms with Crippen LogP contribution >= 0.6 is 0 Å². The number of carbonyl (C=O) groups is 1. The highest BCUT2D eigenvalue weighted by molar-refractivity contribution is 5.80. The number of ether oxygens (including phenoxy) is 5. The summed E-state index contributed by atoms with van der Waals surface area (Å²) in [5, 5.41) is 4.99. The molecule has 2 atom stereocenters. The molecule has 10 heteroatoms. The predicted molar refractivity (Wildman–Crippen MR) is 189 cm³/mol. The van der Waals surface area contributed by atoms with E-state index in [1.54, 1.807) is 13.0 Å². The first kappa shape index (κ1) is 37.1. The van der Waals surface area contributed by atoms with Gasteiger partial charge in [0.15, 0.2) is 11.8 Å². The number of hydrogen-bond donors (Lipinski definition) is 0. The molecule has 3 heterocycles. The Labute approximate surface area is 286 Å². The second-order valence-corrected chi connectivity index (χ2v) is 13.8. The zero-order valence-corrected chi connectivity index (χ0v) is 30.1. The second kappa shape index (κ2) is 16.1. The molecule has 0 spiro atoms. The maximum Gasteiger partial charge on any atom is 0.340 e. The Balaban J connectivity index is 1.70. The van der Waals surface area contributed by atoms with Gasteiger partial charge in [-0.3, -0.25) is 0 Å². The molecule has 4 rings (SSSR count). The van der Waals surface area contributed by atoms with E-state index in [-0.39, 0.29) is 24.9 Å². The molecule has 1 aromatic carbocycles. The summed E-state index contributed by atoms with van der Waals surface area (Å²) in [7, 11) is 0. The Bertz CT molecular complexity index is 1570. The van der Waals surface area contributed by atoms with E-state index >= 15 is 0 Å². The molecular weight excluding hydrogens is 608 g/mol. The highest BCUT2D eigenvalue weighted by atomic mass is 16.6. The largest absolute Gasteiger partial charge is 0.490 e. The number of rotatable bonds is 16. The monoisotopic (exact) mass is 662 g/mol. The van der Waals surface area contributed by atoms with Crippen LogP contribution in [0.15, 0.2) is 49.6 Å². The summed E-state index contributed by atoms with van der Waals surface area (Å²) in [5.41, 5.74) is 3.89. The number of hydrogen-bond acceptors (Lipinski definition) is 9. The molecule has 48 heavy (non-hydrogen) atoms. The molecule has 2 unspecified atom stereocenters. The lowest BCUT2D eigenvalue weighted by atomic mass is 9.92. The Morgan fingerprint density at radius 1 is 1.10 bits per heavy atom. The molecule has 0 aliphatic carbocycles. The number of aromatic nitrogens is 3. The number of fused-ring (bicyclic) bond motifs is 1. The van der Waals surface area contributed by atoms with Crippen LogP contribution in [0.4, 0.5) is 5.82 Å². The lowest BCUT2D eigenvalue weighted by molar-refractivity contribution is -0.166. The molecule has 1 aliphatic rings. The number of aryl methyl sites for hydroxylation is 2. The van der Waals surface area contributed by atoms with Gasteiger partial charge in [-0.25, -0.2) is 9.78 Å². The zero-order chi connectivity index (χ0) is 35.1. The fourth-order valence-electron chi connectivity index (χ4n) is 5.89. The molecule has 10 nitrogen and oxygen atoms in total. The minimum Gasteiger partial charge on any atom is -0.490 e. The van der Waals surface area contributed by atoms with Gasteiger partial charge in [0.2, 0.25) is 0 Å². The lowest BCUT2D eigenvalue weighted by Crippen LogP contribution is -2.45. The number of esters is 1. The van der Waals surface area contributed by atoms with Crippen LogP contribution in [-0.4, -0.2) is 64.2 Å². The summed E-state index contributed by atoms with van der Waals surface area (Å²) in [6.45, 7) is 26.1. The number of anilines is 1. The maximum atomic E-state index is 13.5. The van der Waals surface area contributed by atoms with Gasteiger partial charge in [0.1, 0.15) is 11.6 Å². The van der Waals surface area contributed by atoms with E-state index in [0.717, 1.165) is 47.7 Å². The van der Waals surface area contributed by atoms with Crippen molar-refractivity contribution in [1.29, 1.82) is 0 Å². The standard InChI is InChI=1S/C38H54N4O6/c1-11-14-27(5)47-31-22-26(4)15-16-29(31)24-44-25-30-23-32-39-28(6)33(34(36(43)45-13-3)48-37(7,8)9)35(42(32)40-30)41-19-17-38(10,18-20-41)46-21-12-2/h11-12,15-16,22-23,27,34H,1-2,13-14,17-21,24-25H2,3-10H3. The lowest BCUT2D eigenvalue weighted by Gasteiger charge is -2.41. The van der Waals surface area contributed by atoms with Crippen LogP contribution in [0.3, 0.4) is 0 Å². The molecule has 1 fully saturated rings. The molecule has 3 aromatic rings. The predicted octanol–water partition coefficient (Wildman–Crippen LogP) is 7.39. The average molecular weight is 663 g/mol. The van der Waals surface area contributed by atoms with Gasteiger partial charge in [-0.2, -0.15) is 9.61 Å². The summed E-state index contributed by atoms with van der Waals surface area (Å²) < 4.78 is 32.4. The molecular formula is C38H54N4O6. The highest BCUT2D eigenvalue weighted by Gasteiger charge is 2.38. The SMILES string of the molecule is C=CCOC1(C)CCN(c2c(C(OC(C)(C)C)C(=O)OCC)c(C)nc3cc(COCc4ccc(C)cc4OC(C)CC=C)nn23)CC1. The van der Waals surface area contributed by atoms with Crippen molar-refractivity contribution >= 4 is 17.4 Å². The number of piperidine rings is 1. The molecule has 1 aliphatic heterocycles. The maximum absolute atomic E-state index is 13.5. The van der Waals surface area contributed by atoms with Crippen LogP contribution in [-0.2, 0) is 37.0 Å².